The van der Waals surface area contributed by atoms with Crippen LogP contribution in [0.3, 0.4) is 0 Å². The number of ether oxygens (including phenoxy) is 1. The molecule has 1 amide bonds. The number of methoxy groups -OCH3 is 1. The van der Waals surface area contributed by atoms with E-state index in [1.54, 1.807) is 18.9 Å². The Hall–Kier alpha value is -1.04. The van der Waals surface area contributed by atoms with Gasteiger partial charge in [-0.3, -0.25) is 4.79 Å². The van der Waals surface area contributed by atoms with Crippen LogP contribution in [-0.2, 0) is 9.53 Å². The van der Waals surface area contributed by atoms with Gasteiger partial charge in [-0.15, -0.1) is 11.8 Å². The van der Waals surface area contributed by atoms with E-state index in [0.29, 0.717) is 6.04 Å². The molecule has 1 N–H and O–H groups in total. The molecule has 1 aromatic rings. The highest BCUT2D eigenvalue weighted by Crippen LogP contribution is 2.39. The standard InChI is InChI=1S/C18H26N2O2S/c1-22-12-4-9-20-10-7-14(8-11-20)19-18(21)16-13-23-17-6-3-2-5-15(16)17/h2-3,5-6,14,16H,4,7-13H2,1H3,(H,19,21)/t16-/m1/s1. The maximum atomic E-state index is 12.6. The Kier molecular flexibility index (Phi) is 5.97. The number of hydrogen-bond donors (Lipinski definition) is 1. The largest absolute Gasteiger partial charge is 0.385 e. The molecule has 2 heterocycles. The van der Waals surface area contributed by atoms with Crippen LogP contribution in [0.1, 0.15) is 30.7 Å². The Morgan fingerprint density at radius 1 is 1.35 bits per heavy atom. The Morgan fingerprint density at radius 3 is 2.91 bits per heavy atom. The van der Waals surface area contributed by atoms with Crippen molar-refractivity contribution in [3.05, 3.63) is 29.8 Å². The Labute approximate surface area is 143 Å². The summed E-state index contributed by atoms with van der Waals surface area (Å²) in [6.45, 7) is 4.08. The first-order valence-electron chi connectivity index (χ1n) is 8.51. The van der Waals surface area contributed by atoms with Crippen molar-refractivity contribution in [1.82, 2.24) is 10.2 Å². The number of thioether (sulfide) groups is 1. The van der Waals surface area contributed by atoms with Crippen molar-refractivity contribution in [2.45, 2.75) is 36.1 Å². The molecule has 4 nitrogen and oxygen atoms in total. The van der Waals surface area contributed by atoms with Crippen LogP contribution in [0, 0.1) is 0 Å². The topological polar surface area (TPSA) is 41.6 Å². The van der Waals surface area contributed by atoms with Gasteiger partial charge in [-0.25, -0.2) is 0 Å². The summed E-state index contributed by atoms with van der Waals surface area (Å²) in [5.41, 5.74) is 1.20. The number of fused-ring (bicyclic) bond motifs is 1. The lowest BCUT2D eigenvalue weighted by Gasteiger charge is -2.32. The zero-order valence-electron chi connectivity index (χ0n) is 13.8. The summed E-state index contributed by atoms with van der Waals surface area (Å²) in [6, 6.07) is 8.62. The summed E-state index contributed by atoms with van der Waals surface area (Å²) in [4.78, 5) is 16.4. The highest BCUT2D eigenvalue weighted by atomic mass is 32.2. The molecular formula is C18H26N2O2S. The molecule has 0 radical (unpaired) electrons. The monoisotopic (exact) mass is 334 g/mol. The Balaban J connectivity index is 1.45. The second-order valence-electron chi connectivity index (χ2n) is 6.37. The highest BCUT2D eigenvalue weighted by Gasteiger charge is 2.30. The SMILES string of the molecule is COCCCN1CCC(NC(=O)[C@@H]2CSc3ccccc32)CC1. The van der Waals surface area contributed by atoms with Crippen molar-refractivity contribution in [2.75, 3.05) is 39.1 Å². The van der Waals surface area contributed by atoms with Gasteiger partial charge < -0.3 is 15.0 Å². The van der Waals surface area contributed by atoms with Gasteiger partial charge >= 0.3 is 0 Å². The van der Waals surface area contributed by atoms with Crippen LogP contribution in [0.5, 0.6) is 0 Å². The zero-order valence-corrected chi connectivity index (χ0v) is 14.6. The second-order valence-corrected chi connectivity index (χ2v) is 7.43. The number of benzene rings is 1. The number of carbonyl (C=O) groups is 1. The number of amides is 1. The van der Waals surface area contributed by atoms with Gasteiger partial charge in [0, 0.05) is 50.0 Å². The van der Waals surface area contributed by atoms with E-state index in [1.165, 1.54) is 10.5 Å². The molecule has 0 aromatic heterocycles. The van der Waals surface area contributed by atoms with Crippen LogP contribution in [-0.4, -0.2) is 56.0 Å². The minimum Gasteiger partial charge on any atom is -0.385 e. The number of carbonyl (C=O) groups excluding carboxylic acids is 1. The molecule has 0 spiro atoms. The zero-order chi connectivity index (χ0) is 16.1. The predicted octanol–water partition coefficient (Wildman–Crippen LogP) is 2.49. The lowest BCUT2D eigenvalue weighted by atomic mass is 9.98. The number of hydrogen-bond acceptors (Lipinski definition) is 4. The third kappa shape index (κ3) is 4.28. The number of piperidine rings is 1. The van der Waals surface area contributed by atoms with Gasteiger partial charge in [0.1, 0.15) is 0 Å². The molecule has 0 bridgehead atoms. The van der Waals surface area contributed by atoms with Gasteiger partial charge in [-0.2, -0.15) is 0 Å². The van der Waals surface area contributed by atoms with Crippen LogP contribution in [0.4, 0.5) is 0 Å². The average Bonchev–Trinajstić information content (AvgIpc) is 3.01. The molecular weight excluding hydrogens is 308 g/mol. The summed E-state index contributed by atoms with van der Waals surface area (Å²) < 4.78 is 5.11. The first kappa shape index (κ1) is 16.8. The van der Waals surface area contributed by atoms with E-state index < -0.39 is 0 Å². The van der Waals surface area contributed by atoms with Crippen LogP contribution >= 0.6 is 11.8 Å². The molecule has 1 atom stereocenters. The van der Waals surface area contributed by atoms with E-state index in [2.05, 4.69) is 22.3 Å². The molecule has 3 rings (SSSR count). The van der Waals surface area contributed by atoms with Gasteiger partial charge in [-0.1, -0.05) is 18.2 Å². The van der Waals surface area contributed by atoms with Crippen molar-refractivity contribution in [3.8, 4) is 0 Å². The lowest BCUT2D eigenvalue weighted by molar-refractivity contribution is -0.123. The quantitative estimate of drug-likeness (QED) is 0.812. The normalized spacial score (nSPS) is 22.0. The molecule has 1 aromatic carbocycles. The predicted molar refractivity (Wildman–Crippen MR) is 94.0 cm³/mol. The van der Waals surface area contributed by atoms with Crippen LogP contribution in [0.15, 0.2) is 29.2 Å². The van der Waals surface area contributed by atoms with Crippen LogP contribution in [0.25, 0.3) is 0 Å². The Morgan fingerprint density at radius 2 is 2.13 bits per heavy atom. The summed E-state index contributed by atoms with van der Waals surface area (Å²) in [5, 5.41) is 3.29. The van der Waals surface area contributed by atoms with Gasteiger partial charge in [0.2, 0.25) is 5.91 Å². The van der Waals surface area contributed by atoms with Crippen molar-refractivity contribution in [1.29, 1.82) is 0 Å². The second kappa shape index (κ2) is 8.18. The fourth-order valence-corrected chi connectivity index (χ4v) is 4.64. The van der Waals surface area contributed by atoms with Gasteiger partial charge in [-0.05, 0) is 30.9 Å². The van der Waals surface area contributed by atoms with E-state index >= 15 is 0 Å². The smallest absolute Gasteiger partial charge is 0.228 e. The van der Waals surface area contributed by atoms with Gasteiger partial charge in [0.25, 0.3) is 0 Å². The van der Waals surface area contributed by atoms with E-state index in [1.807, 2.05) is 12.1 Å². The molecule has 0 aliphatic carbocycles. The van der Waals surface area contributed by atoms with Crippen LogP contribution in [0.2, 0.25) is 0 Å². The number of rotatable bonds is 6. The van der Waals surface area contributed by atoms with Crippen molar-refractivity contribution < 1.29 is 9.53 Å². The fraction of sp³-hybridized carbons (Fsp3) is 0.611. The minimum atomic E-state index is 0.0240. The van der Waals surface area contributed by atoms with E-state index in [4.69, 9.17) is 4.74 Å². The fourth-order valence-electron chi connectivity index (χ4n) is 3.41. The van der Waals surface area contributed by atoms with E-state index in [0.717, 1.165) is 51.3 Å². The maximum absolute atomic E-state index is 12.6. The summed E-state index contributed by atoms with van der Waals surface area (Å²) in [6.07, 6.45) is 3.20. The van der Waals surface area contributed by atoms with E-state index in [9.17, 15) is 4.79 Å². The molecule has 0 saturated carbocycles. The van der Waals surface area contributed by atoms with Crippen molar-refractivity contribution in [3.63, 3.8) is 0 Å². The molecule has 1 fully saturated rings. The number of likely N-dealkylation sites (tertiary alicyclic amines) is 1. The van der Waals surface area contributed by atoms with Crippen molar-refractivity contribution in [2.24, 2.45) is 0 Å². The van der Waals surface area contributed by atoms with E-state index in [-0.39, 0.29) is 11.8 Å². The van der Waals surface area contributed by atoms with Crippen LogP contribution < -0.4 is 5.32 Å². The van der Waals surface area contributed by atoms with Crippen molar-refractivity contribution >= 4 is 17.7 Å². The van der Waals surface area contributed by atoms with Gasteiger partial charge in [0.05, 0.1) is 5.92 Å². The first-order valence-corrected chi connectivity index (χ1v) is 9.50. The van der Waals surface area contributed by atoms with Gasteiger partial charge in [0.15, 0.2) is 0 Å². The highest BCUT2D eigenvalue weighted by molar-refractivity contribution is 7.99. The molecule has 0 unspecified atom stereocenters. The summed E-state index contributed by atoms with van der Waals surface area (Å²) in [5.74, 6) is 1.11. The first-order chi connectivity index (χ1) is 11.3. The Bertz CT molecular complexity index is 530. The lowest BCUT2D eigenvalue weighted by Crippen LogP contribution is -2.46. The summed E-state index contributed by atoms with van der Waals surface area (Å²) in [7, 11) is 1.75. The molecule has 2 aliphatic rings. The molecule has 1 saturated heterocycles. The number of nitrogens with zero attached hydrogens (tertiary/aromatic N) is 1. The molecule has 2 aliphatic heterocycles. The molecule has 5 heteroatoms. The number of nitrogens with one attached hydrogen (secondary N) is 1. The average molecular weight is 334 g/mol. The third-order valence-corrected chi connectivity index (χ3v) is 5.96. The third-order valence-electron chi connectivity index (χ3n) is 4.77. The molecule has 126 valence electrons. The molecule has 23 heavy (non-hydrogen) atoms. The summed E-state index contributed by atoms with van der Waals surface area (Å²) >= 11 is 1.80. The minimum absolute atomic E-state index is 0.0240. The maximum Gasteiger partial charge on any atom is 0.228 e.